The number of rotatable bonds is 5. The Morgan fingerprint density at radius 1 is 0.692 bits per heavy atom. The van der Waals surface area contributed by atoms with Crippen molar-refractivity contribution in [2.45, 2.75) is 5.33 Å². The van der Waals surface area contributed by atoms with E-state index in [9.17, 15) is 9.59 Å². The Kier molecular flexibility index (Phi) is 5.81. The average Bonchev–Trinajstić information content (AvgIpc) is 2.69. The molecule has 26 heavy (non-hydrogen) atoms. The maximum atomic E-state index is 12.2. The molecule has 4 nitrogen and oxygen atoms in total. The summed E-state index contributed by atoms with van der Waals surface area (Å²) in [4.78, 5) is 24.5. The van der Waals surface area contributed by atoms with Gasteiger partial charge in [-0.25, -0.2) is 9.59 Å². The van der Waals surface area contributed by atoms with Crippen molar-refractivity contribution in [1.82, 2.24) is 0 Å². The highest BCUT2D eigenvalue weighted by Crippen LogP contribution is 2.26. The normalized spacial score (nSPS) is 10.2. The Bertz CT molecular complexity index is 836. The third kappa shape index (κ3) is 4.58. The molecule has 0 aromatic heterocycles. The second-order valence-corrected chi connectivity index (χ2v) is 6.02. The van der Waals surface area contributed by atoms with Crippen LogP contribution in [0.15, 0.2) is 78.9 Å². The van der Waals surface area contributed by atoms with Gasteiger partial charge in [0.05, 0.1) is 11.1 Å². The zero-order valence-corrected chi connectivity index (χ0v) is 15.3. The molecular weight excluding hydrogens is 396 g/mol. The van der Waals surface area contributed by atoms with E-state index in [2.05, 4.69) is 15.9 Å². The molecule has 0 aliphatic carbocycles. The molecule has 0 heterocycles. The van der Waals surface area contributed by atoms with E-state index in [0.717, 1.165) is 5.56 Å². The molecule has 0 spiro atoms. The van der Waals surface area contributed by atoms with Gasteiger partial charge >= 0.3 is 11.9 Å². The van der Waals surface area contributed by atoms with Crippen LogP contribution in [0.3, 0.4) is 0 Å². The quantitative estimate of drug-likeness (QED) is 0.336. The van der Waals surface area contributed by atoms with E-state index in [0.29, 0.717) is 28.0 Å². The number of esters is 2. The van der Waals surface area contributed by atoms with Crippen molar-refractivity contribution < 1.29 is 19.1 Å². The summed E-state index contributed by atoms with van der Waals surface area (Å²) in [6, 6.07) is 22.3. The van der Waals surface area contributed by atoms with Crippen molar-refractivity contribution in [1.29, 1.82) is 0 Å². The van der Waals surface area contributed by atoms with Gasteiger partial charge in [0, 0.05) is 11.4 Å². The molecule has 0 atom stereocenters. The number of hydrogen-bond donors (Lipinski definition) is 0. The van der Waals surface area contributed by atoms with Crippen LogP contribution in [-0.2, 0) is 5.33 Å². The molecule has 0 radical (unpaired) electrons. The standard InChI is InChI=1S/C21H15BrO4/c22-14-15-11-18(25-20(23)16-7-3-1-4-8-16)13-19(12-15)26-21(24)17-9-5-2-6-10-17/h1-13H,14H2. The van der Waals surface area contributed by atoms with Crippen molar-refractivity contribution in [3.63, 3.8) is 0 Å². The predicted molar refractivity (Wildman–Crippen MR) is 102 cm³/mol. The monoisotopic (exact) mass is 410 g/mol. The van der Waals surface area contributed by atoms with Crippen LogP contribution in [0.4, 0.5) is 0 Å². The minimum absolute atomic E-state index is 0.312. The molecule has 0 saturated heterocycles. The van der Waals surface area contributed by atoms with Gasteiger partial charge in [0.15, 0.2) is 0 Å². The molecule has 3 rings (SSSR count). The number of alkyl halides is 1. The van der Waals surface area contributed by atoms with E-state index in [1.807, 2.05) is 12.1 Å². The van der Waals surface area contributed by atoms with Gasteiger partial charge in [0.2, 0.25) is 0 Å². The first-order chi connectivity index (χ1) is 12.7. The Balaban J connectivity index is 1.80. The maximum absolute atomic E-state index is 12.2. The van der Waals surface area contributed by atoms with Crippen LogP contribution in [0, 0.1) is 0 Å². The van der Waals surface area contributed by atoms with E-state index in [4.69, 9.17) is 9.47 Å². The fourth-order valence-corrected chi connectivity index (χ4v) is 2.63. The third-order valence-corrected chi connectivity index (χ3v) is 4.18. The number of benzene rings is 3. The zero-order chi connectivity index (χ0) is 18.4. The van der Waals surface area contributed by atoms with Gasteiger partial charge in [0.25, 0.3) is 0 Å². The second-order valence-electron chi connectivity index (χ2n) is 5.46. The van der Waals surface area contributed by atoms with Crippen molar-refractivity contribution in [2.24, 2.45) is 0 Å². The van der Waals surface area contributed by atoms with Gasteiger partial charge in [-0.1, -0.05) is 52.3 Å². The minimum Gasteiger partial charge on any atom is -0.423 e. The summed E-state index contributed by atoms with van der Waals surface area (Å²) in [5.74, 6) is -0.325. The van der Waals surface area contributed by atoms with Gasteiger partial charge in [-0.3, -0.25) is 0 Å². The molecular formula is C21H15BrO4. The van der Waals surface area contributed by atoms with Crippen molar-refractivity contribution in [3.05, 3.63) is 95.6 Å². The molecule has 3 aromatic carbocycles. The topological polar surface area (TPSA) is 52.6 Å². The Hall–Kier alpha value is -2.92. The van der Waals surface area contributed by atoms with Gasteiger partial charge in [-0.05, 0) is 42.0 Å². The molecule has 0 N–H and O–H groups in total. The first-order valence-electron chi connectivity index (χ1n) is 7.90. The molecule has 0 unspecified atom stereocenters. The molecule has 0 bridgehead atoms. The molecule has 0 amide bonds. The van der Waals surface area contributed by atoms with E-state index >= 15 is 0 Å². The lowest BCUT2D eigenvalue weighted by Gasteiger charge is -2.10. The number of carbonyl (C=O) groups excluding carboxylic acids is 2. The fraction of sp³-hybridized carbons (Fsp3) is 0.0476. The second kappa shape index (κ2) is 8.45. The summed E-state index contributed by atoms with van der Waals surface area (Å²) in [7, 11) is 0. The molecule has 3 aromatic rings. The lowest BCUT2D eigenvalue weighted by Crippen LogP contribution is -2.10. The molecule has 5 heteroatoms. The van der Waals surface area contributed by atoms with Crippen molar-refractivity contribution in [2.75, 3.05) is 0 Å². The van der Waals surface area contributed by atoms with E-state index in [-0.39, 0.29) is 0 Å². The number of halogens is 1. The first-order valence-corrected chi connectivity index (χ1v) is 9.02. The highest BCUT2D eigenvalue weighted by atomic mass is 79.9. The maximum Gasteiger partial charge on any atom is 0.343 e. The third-order valence-electron chi connectivity index (χ3n) is 3.53. The summed E-state index contributed by atoms with van der Waals surface area (Å²) in [5.41, 5.74) is 1.71. The molecule has 0 aliphatic rings. The van der Waals surface area contributed by atoms with Crippen LogP contribution in [-0.4, -0.2) is 11.9 Å². The number of hydrogen-bond acceptors (Lipinski definition) is 4. The van der Waals surface area contributed by atoms with E-state index in [1.54, 1.807) is 60.7 Å². The van der Waals surface area contributed by atoms with Crippen molar-refractivity contribution >= 4 is 27.9 Å². The van der Waals surface area contributed by atoms with Crippen LogP contribution >= 0.6 is 15.9 Å². The fourth-order valence-electron chi connectivity index (χ4n) is 2.31. The van der Waals surface area contributed by atoms with Crippen LogP contribution in [0.25, 0.3) is 0 Å². The smallest absolute Gasteiger partial charge is 0.343 e. The summed E-state index contributed by atoms with van der Waals surface area (Å²) in [6.07, 6.45) is 0. The molecule has 0 aliphatic heterocycles. The van der Waals surface area contributed by atoms with Crippen LogP contribution < -0.4 is 9.47 Å². The Morgan fingerprint density at radius 2 is 1.12 bits per heavy atom. The van der Waals surface area contributed by atoms with Crippen LogP contribution in [0.5, 0.6) is 11.5 Å². The number of carbonyl (C=O) groups is 2. The number of ether oxygens (including phenoxy) is 2. The molecule has 0 fully saturated rings. The summed E-state index contributed by atoms with van der Waals surface area (Å²) in [6.45, 7) is 0. The van der Waals surface area contributed by atoms with Crippen molar-refractivity contribution in [3.8, 4) is 11.5 Å². The van der Waals surface area contributed by atoms with Crippen LogP contribution in [0.1, 0.15) is 26.3 Å². The first kappa shape index (κ1) is 17.9. The van der Waals surface area contributed by atoms with Gasteiger partial charge in [-0.15, -0.1) is 0 Å². The largest absolute Gasteiger partial charge is 0.423 e. The summed E-state index contributed by atoms with van der Waals surface area (Å²) < 4.78 is 10.8. The highest BCUT2D eigenvalue weighted by molar-refractivity contribution is 9.08. The Morgan fingerprint density at radius 3 is 1.50 bits per heavy atom. The average molecular weight is 411 g/mol. The van der Waals surface area contributed by atoms with E-state index in [1.165, 1.54) is 6.07 Å². The van der Waals surface area contributed by atoms with E-state index < -0.39 is 11.9 Å². The lowest BCUT2D eigenvalue weighted by atomic mass is 10.2. The zero-order valence-electron chi connectivity index (χ0n) is 13.7. The summed E-state index contributed by atoms with van der Waals surface area (Å²) >= 11 is 3.37. The van der Waals surface area contributed by atoms with Crippen LogP contribution in [0.2, 0.25) is 0 Å². The SMILES string of the molecule is O=C(Oc1cc(CBr)cc(OC(=O)c2ccccc2)c1)c1ccccc1. The summed E-state index contributed by atoms with van der Waals surface area (Å²) in [5, 5.41) is 0.527. The highest BCUT2D eigenvalue weighted by Gasteiger charge is 2.13. The van der Waals surface area contributed by atoms with Gasteiger partial charge in [-0.2, -0.15) is 0 Å². The predicted octanol–water partition coefficient (Wildman–Crippen LogP) is 5.02. The minimum atomic E-state index is -0.474. The molecule has 130 valence electrons. The molecule has 0 saturated carbocycles. The van der Waals surface area contributed by atoms with Gasteiger partial charge < -0.3 is 9.47 Å². The Labute approximate surface area is 159 Å². The lowest BCUT2D eigenvalue weighted by molar-refractivity contribution is 0.0733. The van der Waals surface area contributed by atoms with Gasteiger partial charge in [0.1, 0.15) is 11.5 Å².